The van der Waals surface area contributed by atoms with E-state index in [4.69, 9.17) is 9.47 Å². The first-order valence-corrected chi connectivity index (χ1v) is 10.8. The molecule has 0 saturated carbocycles. The van der Waals surface area contributed by atoms with Crippen LogP contribution in [0.5, 0.6) is 5.75 Å². The topological polar surface area (TPSA) is 97.3 Å². The van der Waals surface area contributed by atoms with Crippen LogP contribution in [-0.4, -0.2) is 58.3 Å². The van der Waals surface area contributed by atoms with Crippen molar-refractivity contribution < 1.29 is 22.7 Å². The number of hydrogen-bond acceptors (Lipinski definition) is 6. The Bertz CT molecular complexity index is 1040. The Balaban J connectivity index is 1.64. The number of morpholine rings is 1. The number of carbonyl (C=O) groups is 1. The van der Waals surface area contributed by atoms with E-state index < -0.39 is 15.9 Å². The van der Waals surface area contributed by atoms with Gasteiger partial charge in [-0.05, 0) is 36.4 Å². The molecule has 3 rings (SSSR count). The summed E-state index contributed by atoms with van der Waals surface area (Å²) in [5.74, 6) is 0.223. The molecule has 158 valence electrons. The summed E-state index contributed by atoms with van der Waals surface area (Å²) >= 11 is 0. The number of hydrogen-bond donors (Lipinski definition) is 1. The van der Waals surface area contributed by atoms with E-state index in [1.807, 2.05) is 24.3 Å². The van der Waals surface area contributed by atoms with Crippen molar-refractivity contribution in [3.8, 4) is 5.75 Å². The lowest BCUT2D eigenvalue weighted by Gasteiger charge is -2.26. The molecule has 1 aliphatic rings. The van der Waals surface area contributed by atoms with Gasteiger partial charge < -0.3 is 9.47 Å². The molecule has 30 heavy (non-hydrogen) atoms. The Labute approximate surface area is 175 Å². The highest BCUT2D eigenvalue weighted by atomic mass is 32.2. The van der Waals surface area contributed by atoms with Gasteiger partial charge in [-0.15, -0.1) is 0 Å². The lowest BCUT2D eigenvalue weighted by molar-refractivity contribution is 0.0730. The minimum Gasteiger partial charge on any atom is -0.496 e. The SMILES string of the molecule is COc1ccccc1/C=C/C=N/NC(=O)c1cccc(S(=O)(=O)N2CCOCC2)c1. The molecule has 1 saturated heterocycles. The zero-order chi connectivity index (χ0) is 21.4. The number of ether oxygens (including phenoxy) is 2. The molecule has 0 bridgehead atoms. The molecule has 9 heteroatoms. The van der Waals surface area contributed by atoms with E-state index in [-0.39, 0.29) is 10.5 Å². The highest BCUT2D eigenvalue weighted by Crippen LogP contribution is 2.19. The lowest BCUT2D eigenvalue weighted by Crippen LogP contribution is -2.40. The van der Waals surface area contributed by atoms with Gasteiger partial charge in [-0.3, -0.25) is 4.79 Å². The second kappa shape index (κ2) is 10.1. The zero-order valence-electron chi connectivity index (χ0n) is 16.5. The number of nitrogens with one attached hydrogen (secondary N) is 1. The first-order chi connectivity index (χ1) is 14.5. The summed E-state index contributed by atoms with van der Waals surface area (Å²) in [4.78, 5) is 12.4. The van der Waals surface area contributed by atoms with Gasteiger partial charge in [0.05, 0.1) is 25.2 Å². The second-order valence-electron chi connectivity index (χ2n) is 6.36. The fourth-order valence-corrected chi connectivity index (χ4v) is 4.34. The van der Waals surface area contributed by atoms with Crippen LogP contribution < -0.4 is 10.2 Å². The van der Waals surface area contributed by atoms with E-state index in [9.17, 15) is 13.2 Å². The molecule has 0 atom stereocenters. The van der Waals surface area contributed by atoms with Gasteiger partial charge in [0, 0.05) is 30.4 Å². The molecule has 2 aromatic rings. The van der Waals surface area contributed by atoms with Crippen LogP contribution in [0.2, 0.25) is 0 Å². The Morgan fingerprint density at radius 2 is 1.93 bits per heavy atom. The minimum atomic E-state index is -3.67. The van der Waals surface area contributed by atoms with Gasteiger partial charge in [0.25, 0.3) is 5.91 Å². The molecule has 1 heterocycles. The predicted molar refractivity (Wildman–Crippen MR) is 114 cm³/mol. The Hall–Kier alpha value is -3.01. The second-order valence-corrected chi connectivity index (χ2v) is 8.30. The van der Waals surface area contributed by atoms with Crippen LogP contribution in [0.15, 0.2) is 64.6 Å². The van der Waals surface area contributed by atoms with Gasteiger partial charge in [0.2, 0.25) is 10.0 Å². The zero-order valence-corrected chi connectivity index (χ0v) is 17.3. The van der Waals surface area contributed by atoms with Crippen molar-refractivity contribution in [3.63, 3.8) is 0 Å². The molecule has 0 unspecified atom stereocenters. The first kappa shape index (κ1) is 21.7. The largest absolute Gasteiger partial charge is 0.496 e. The number of sulfonamides is 1. The number of carbonyl (C=O) groups excluding carboxylic acids is 1. The number of nitrogens with zero attached hydrogens (tertiary/aromatic N) is 2. The van der Waals surface area contributed by atoms with Crippen LogP contribution in [0, 0.1) is 0 Å². The standard InChI is InChI=1S/C21H23N3O5S/c1-28-20-10-3-2-6-17(20)8-5-11-22-23-21(25)18-7-4-9-19(16-18)30(26,27)24-12-14-29-15-13-24/h2-11,16H,12-15H2,1H3,(H,23,25)/b8-5+,22-11+. The van der Waals surface area contributed by atoms with E-state index in [0.717, 1.165) is 11.3 Å². The monoisotopic (exact) mass is 429 g/mol. The number of hydrazone groups is 1. The third-order valence-corrected chi connectivity index (χ3v) is 6.34. The summed E-state index contributed by atoms with van der Waals surface area (Å²) in [5.41, 5.74) is 3.47. The maximum atomic E-state index is 12.7. The summed E-state index contributed by atoms with van der Waals surface area (Å²) in [5, 5.41) is 3.87. The first-order valence-electron chi connectivity index (χ1n) is 9.33. The molecule has 8 nitrogen and oxygen atoms in total. The van der Waals surface area contributed by atoms with Crippen LogP contribution in [0.3, 0.4) is 0 Å². The Morgan fingerprint density at radius 1 is 1.17 bits per heavy atom. The van der Waals surface area contributed by atoms with Gasteiger partial charge >= 0.3 is 0 Å². The molecule has 0 radical (unpaired) electrons. The Kier molecular flexibility index (Phi) is 7.34. The maximum Gasteiger partial charge on any atom is 0.271 e. The van der Waals surface area contributed by atoms with E-state index in [1.165, 1.54) is 34.8 Å². The van der Waals surface area contributed by atoms with Crippen molar-refractivity contribution in [2.75, 3.05) is 33.4 Å². The van der Waals surface area contributed by atoms with E-state index >= 15 is 0 Å². The van der Waals surface area contributed by atoms with E-state index in [1.54, 1.807) is 19.3 Å². The van der Waals surface area contributed by atoms with Crippen molar-refractivity contribution in [2.45, 2.75) is 4.90 Å². The van der Waals surface area contributed by atoms with Crippen molar-refractivity contribution >= 4 is 28.2 Å². The average molecular weight is 429 g/mol. The summed E-state index contributed by atoms with van der Waals surface area (Å²) in [6.45, 7) is 1.30. The molecule has 1 aliphatic heterocycles. The highest BCUT2D eigenvalue weighted by Gasteiger charge is 2.26. The van der Waals surface area contributed by atoms with Crippen LogP contribution in [-0.2, 0) is 14.8 Å². The fraction of sp³-hybridized carbons (Fsp3) is 0.238. The van der Waals surface area contributed by atoms with Crippen molar-refractivity contribution in [1.29, 1.82) is 0 Å². The Morgan fingerprint density at radius 3 is 2.70 bits per heavy atom. The van der Waals surface area contributed by atoms with Gasteiger partial charge in [0.1, 0.15) is 5.75 Å². The molecular formula is C21H23N3O5S. The minimum absolute atomic E-state index is 0.0668. The van der Waals surface area contributed by atoms with Crippen LogP contribution in [0.4, 0.5) is 0 Å². The number of amides is 1. The average Bonchev–Trinajstić information content (AvgIpc) is 2.79. The molecular weight excluding hydrogens is 406 g/mol. The number of allylic oxidation sites excluding steroid dienone is 1. The summed E-state index contributed by atoms with van der Waals surface area (Å²) < 4.78 is 37.3. The molecule has 0 aromatic heterocycles. The van der Waals surface area contributed by atoms with Crippen LogP contribution in [0.25, 0.3) is 6.08 Å². The number of para-hydroxylation sites is 1. The van der Waals surface area contributed by atoms with Gasteiger partial charge in [0.15, 0.2) is 0 Å². The van der Waals surface area contributed by atoms with Gasteiger partial charge in [-0.2, -0.15) is 9.41 Å². The normalized spacial score (nSPS) is 15.5. The number of benzene rings is 2. The van der Waals surface area contributed by atoms with Crippen LogP contribution >= 0.6 is 0 Å². The third kappa shape index (κ3) is 5.32. The highest BCUT2D eigenvalue weighted by molar-refractivity contribution is 7.89. The maximum absolute atomic E-state index is 12.7. The summed E-state index contributed by atoms with van der Waals surface area (Å²) in [7, 11) is -2.08. The quantitative estimate of drug-likeness (QED) is 0.537. The summed E-state index contributed by atoms with van der Waals surface area (Å²) in [6, 6.07) is 13.4. The lowest BCUT2D eigenvalue weighted by atomic mass is 10.2. The van der Waals surface area contributed by atoms with Gasteiger partial charge in [-0.1, -0.05) is 24.3 Å². The molecule has 2 aromatic carbocycles. The van der Waals surface area contributed by atoms with E-state index in [2.05, 4.69) is 10.5 Å². The molecule has 1 fully saturated rings. The van der Waals surface area contributed by atoms with Crippen molar-refractivity contribution in [1.82, 2.24) is 9.73 Å². The van der Waals surface area contributed by atoms with Crippen LogP contribution in [0.1, 0.15) is 15.9 Å². The molecule has 1 N–H and O–H groups in total. The number of methoxy groups -OCH3 is 1. The summed E-state index contributed by atoms with van der Waals surface area (Å²) in [6.07, 6.45) is 4.89. The van der Waals surface area contributed by atoms with Gasteiger partial charge in [-0.25, -0.2) is 13.8 Å². The fourth-order valence-electron chi connectivity index (χ4n) is 2.89. The smallest absolute Gasteiger partial charge is 0.271 e. The predicted octanol–water partition coefficient (Wildman–Crippen LogP) is 2.15. The third-order valence-electron chi connectivity index (χ3n) is 4.45. The molecule has 1 amide bonds. The van der Waals surface area contributed by atoms with E-state index in [0.29, 0.717) is 26.3 Å². The number of rotatable bonds is 7. The molecule has 0 aliphatic carbocycles. The van der Waals surface area contributed by atoms with Crippen molar-refractivity contribution in [3.05, 3.63) is 65.7 Å². The molecule has 0 spiro atoms. The van der Waals surface area contributed by atoms with Crippen molar-refractivity contribution in [2.24, 2.45) is 5.10 Å².